The molecular weight excluding hydrogens is 233 g/mol. The molecule has 6 heteroatoms. The fourth-order valence-corrected chi connectivity index (χ4v) is 1.52. The van der Waals surface area contributed by atoms with Crippen LogP contribution in [0.5, 0.6) is 0 Å². The molecule has 1 aromatic heterocycles. The van der Waals surface area contributed by atoms with Crippen LogP contribution in [-0.4, -0.2) is 9.97 Å². The minimum Gasteiger partial charge on any atom is -0.324 e. The molecule has 2 rings (SSSR count). The van der Waals surface area contributed by atoms with Crippen LogP contribution in [0.4, 0.5) is 21.8 Å². The smallest absolute Gasteiger partial charge is 0.229 e. The number of aromatic nitrogens is 2. The Morgan fingerprint density at radius 3 is 2.67 bits per heavy atom. The zero-order valence-electron chi connectivity index (χ0n) is 10.2. The summed E-state index contributed by atoms with van der Waals surface area (Å²) in [6, 6.07) is 6.09. The third-order valence-electron chi connectivity index (χ3n) is 2.61. The summed E-state index contributed by atoms with van der Waals surface area (Å²) in [6.45, 7) is 3.73. The Morgan fingerprint density at radius 1 is 1.22 bits per heavy atom. The Labute approximate surface area is 104 Å². The molecule has 0 aliphatic carbocycles. The van der Waals surface area contributed by atoms with Crippen LogP contribution in [0.25, 0.3) is 0 Å². The van der Waals surface area contributed by atoms with Crippen LogP contribution in [0.1, 0.15) is 11.3 Å². The van der Waals surface area contributed by atoms with Crippen molar-refractivity contribution in [3.8, 4) is 0 Å². The number of rotatable bonds is 3. The van der Waals surface area contributed by atoms with Gasteiger partial charge in [-0.3, -0.25) is 0 Å². The summed E-state index contributed by atoms with van der Waals surface area (Å²) in [5.41, 5.74) is 4.77. The maximum Gasteiger partial charge on any atom is 0.229 e. The van der Waals surface area contributed by atoms with Gasteiger partial charge in [-0.05, 0) is 32.0 Å². The molecule has 0 bridgehead atoms. The molecule has 0 amide bonds. The van der Waals surface area contributed by atoms with Gasteiger partial charge in [0, 0.05) is 16.9 Å². The molecule has 0 aliphatic heterocycles. The SMILES string of the molecule is Cc1nc(Nc2cccc(F)c2)nc(NN)c1C. The lowest BCUT2D eigenvalue weighted by Gasteiger charge is -2.10. The van der Waals surface area contributed by atoms with E-state index in [0.29, 0.717) is 17.5 Å². The topological polar surface area (TPSA) is 75.9 Å². The van der Waals surface area contributed by atoms with Crippen molar-refractivity contribution in [1.29, 1.82) is 0 Å². The minimum absolute atomic E-state index is 0.319. The van der Waals surface area contributed by atoms with E-state index in [4.69, 9.17) is 5.84 Å². The van der Waals surface area contributed by atoms with Crippen LogP contribution in [0.2, 0.25) is 0 Å². The van der Waals surface area contributed by atoms with Gasteiger partial charge < -0.3 is 10.7 Å². The molecular formula is C12H14FN5. The number of hydrogen-bond acceptors (Lipinski definition) is 5. The van der Waals surface area contributed by atoms with Crippen molar-refractivity contribution in [3.63, 3.8) is 0 Å². The van der Waals surface area contributed by atoms with Crippen LogP contribution in [0, 0.1) is 19.7 Å². The van der Waals surface area contributed by atoms with Gasteiger partial charge in [-0.25, -0.2) is 15.2 Å². The summed E-state index contributed by atoms with van der Waals surface area (Å²) in [5, 5.41) is 2.93. The molecule has 1 aromatic carbocycles. The Bertz CT molecular complexity index is 570. The van der Waals surface area contributed by atoms with Crippen LogP contribution in [-0.2, 0) is 0 Å². The van der Waals surface area contributed by atoms with Gasteiger partial charge in [0.1, 0.15) is 11.6 Å². The molecule has 94 valence electrons. The fourth-order valence-electron chi connectivity index (χ4n) is 1.52. The molecule has 0 atom stereocenters. The summed E-state index contributed by atoms with van der Waals surface area (Å²) < 4.78 is 13.0. The molecule has 0 saturated heterocycles. The van der Waals surface area contributed by atoms with Crippen LogP contribution < -0.4 is 16.6 Å². The number of anilines is 3. The number of benzene rings is 1. The van der Waals surface area contributed by atoms with E-state index in [-0.39, 0.29) is 5.82 Å². The molecule has 2 aromatic rings. The highest BCUT2D eigenvalue weighted by Crippen LogP contribution is 2.19. The predicted octanol–water partition coefficient (Wildman–Crippen LogP) is 2.26. The predicted molar refractivity (Wildman–Crippen MR) is 69.0 cm³/mol. The Hall–Kier alpha value is -2.21. The maximum absolute atomic E-state index is 13.0. The van der Waals surface area contributed by atoms with E-state index >= 15 is 0 Å². The molecule has 4 N–H and O–H groups in total. The van der Waals surface area contributed by atoms with E-state index in [1.54, 1.807) is 12.1 Å². The number of nitrogen functional groups attached to an aromatic ring is 1. The summed E-state index contributed by atoms with van der Waals surface area (Å²) in [5.74, 6) is 5.97. The highest BCUT2D eigenvalue weighted by atomic mass is 19.1. The molecule has 0 saturated carbocycles. The van der Waals surface area contributed by atoms with E-state index < -0.39 is 0 Å². The highest BCUT2D eigenvalue weighted by molar-refractivity contribution is 5.56. The first-order valence-corrected chi connectivity index (χ1v) is 5.44. The molecule has 5 nitrogen and oxygen atoms in total. The van der Waals surface area contributed by atoms with Crippen molar-refractivity contribution in [3.05, 3.63) is 41.3 Å². The first-order chi connectivity index (χ1) is 8.60. The Balaban J connectivity index is 2.32. The molecule has 0 radical (unpaired) electrons. The standard InChI is InChI=1S/C12H14FN5/c1-7-8(2)15-12(17-11(7)18-14)16-10-5-3-4-9(13)6-10/h3-6H,14H2,1-2H3,(H2,15,16,17,18). The second kappa shape index (κ2) is 4.97. The zero-order chi connectivity index (χ0) is 13.1. The number of hydrogen-bond donors (Lipinski definition) is 3. The van der Waals surface area contributed by atoms with E-state index in [1.165, 1.54) is 12.1 Å². The lowest BCUT2D eigenvalue weighted by Crippen LogP contribution is -2.13. The molecule has 18 heavy (non-hydrogen) atoms. The third kappa shape index (κ3) is 2.54. The van der Waals surface area contributed by atoms with E-state index in [1.807, 2.05) is 13.8 Å². The monoisotopic (exact) mass is 247 g/mol. The Kier molecular flexibility index (Phi) is 3.38. The van der Waals surface area contributed by atoms with Crippen LogP contribution >= 0.6 is 0 Å². The molecule has 1 heterocycles. The summed E-state index contributed by atoms with van der Waals surface area (Å²) in [7, 11) is 0. The summed E-state index contributed by atoms with van der Waals surface area (Å²) in [6.07, 6.45) is 0. The number of nitrogens with two attached hydrogens (primary N) is 1. The average molecular weight is 247 g/mol. The number of nitrogens with zero attached hydrogens (tertiary/aromatic N) is 2. The first kappa shape index (κ1) is 12.3. The third-order valence-corrected chi connectivity index (χ3v) is 2.61. The highest BCUT2D eigenvalue weighted by Gasteiger charge is 2.07. The van der Waals surface area contributed by atoms with Gasteiger partial charge in [0.15, 0.2) is 0 Å². The molecule has 0 unspecified atom stereocenters. The maximum atomic E-state index is 13.0. The van der Waals surface area contributed by atoms with E-state index in [9.17, 15) is 4.39 Å². The van der Waals surface area contributed by atoms with Gasteiger partial charge in [0.05, 0.1) is 0 Å². The van der Waals surface area contributed by atoms with Crippen molar-refractivity contribution in [1.82, 2.24) is 9.97 Å². The average Bonchev–Trinajstić information content (AvgIpc) is 2.33. The van der Waals surface area contributed by atoms with Gasteiger partial charge in [-0.15, -0.1) is 0 Å². The largest absolute Gasteiger partial charge is 0.324 e. The van der Waals surface area contributed by atoms with Gasteiger partial charge >= 0.3 is 0 Å². The summed E-state index contributed by atoms with van der Waals surface area (Å²) in [4.78, 5) is 8.46. The van der Waals surface area contributed by atoms with Gasteiger partial charge in [-0.2, -0.15) is 4.98 Å². The number of aryl methyl sites for hydroxylation is 1. The number of nitrogens with one attached hydrogen (secondary N) is 2. The zero-order valence-corrected chi connectivity index (χ0v) is 10.2. The molecule has 0 fully saturated rings. The van der Waals surface area contributed by atoms with Crippen molar-refractivity contribution in [2.75, 3.05) is 10.7 Å². The lowest BCUT2D eigenvalue weighted by atomic mass is 10.2. The van der Waals surface area contributed by atoms with Crippen molar-refractivity contribution in [2.45, 2.75) is 13.8 Å². The van der Waals surface area contributed by atoms with Crippen molar-refractivity contribution >= 4 is 17.5 Å². The lowest BCUT2D eigenvalue weighted by molar-refractivity contribution is 0.628. The molecule has 0 spiro atoms. The normalized spacial score (nSPS) is 10.2. The van der Waals surface area contributed by atoms with Gasteiger partial charge in [0.2, 0.25) is 5.95 Å². The fraction of sp³-hybridized carbons (Fsp3) is 0.167. The van der Waals surface area contributed by atoms with Crippen LogP contribution in [0.15, 0.2) is 24.3 Å². The van der Waals surface area contributed by atoms with Crippen molar-refractivity contribution in [2.24, 2.45) is 5.84 Å². The van der Waals surface area contributed by atoms with E-state index in [2.05, 4.69) is 20.7 Å². The van der Waals surface area contributed by atoms with E-state index in [0.717, 1.165) is 11.3 Å². The molecule has 0 aliphatic rings. The quantitative estimate of drug-likeness (QED) is 0.573. The number of hydrazine groups is 1. The number of halogens is 1. The first-order valence-electron chi connectivity index (χ1n) is 5.44. The summed E-state index contributed by atoms with van der Waals surface area (Å²) >= 11 is 0. The Morgan fingerprint density at radius 2 is 2.00 bits per heavy atom. The van der Waals surface area contributed by atoms with Crippen molar-refractivity contribution < 1.29 is 4.39 Å². The minimum atomic E-state index is -0.319. The van der Waals surface area contributed by atoms with Crippen LogP contribution in [0.3, 0.4) is 0 Å². The van der Waals surface area contributed by atoms with Gasteiger partial charge in [0.25, 0.3) is 0 Å². The van der Waals surface area contributed by atoms with Gasteiger partial charge in [-0.1, -0.05) is 6.07 Å². The second-order valence-electron chi connectivity index (χ2n) is 3.89. The second-order valence-corrected chi connectivity index (χ2v) is 3.89.